The van der Waals surface area contributed by atoms with Gasteiger partial charge in [-0.2, -0.15) is 13.2 Å². The van der Waals surface area contributed by atoms with Gasteiger partial charge in [0.15, 0.2) is 0 Å². The fourth-order valence-electron chi connectivity index (χ4n) is 2.49. The average Bonchev–Trinajstić information content (AvgIpc) is 3.02. The highest BCUT2D eigenvalue weighted by molar-refractivity contribution is 14.1. The molecule has 0 spiro atoms. The van der Waals surface area contributed by atoms with E-state index in [2.05, 4.69) is 32.6 Å². The Balaban J connectivity index is 2.09. The van der Waals surface area contributed by atoms with Gasteiger partial charge in [0.2, 0.25) is 0 Å². The number of benzene rings is 2. The van der Waals surface area contributed by atoms with Crippen LogP contribution >= 0.6 is 22.6 Å². The number of alkyl halides is 3. The largest absolute Gasteiger partial charge is 0.416 e. The highest BCUT2D eigenvalue weighted by Crippen LogP contribution is 2.34. The molecule has 0 amide bonds. The summed E-state index contributed by atoms with van der Waals surface area (Å²) in [6, 6.07) is 9.13. The topological polar surface area (TPSA) is 56.2 Å². The van der Waals surface area contributed by atoms with Gasteiger partial charge in [-0.3, -0.25) is 0 Å². The predicted octanol–water partition coefficient (Wildman–Crippen LogP) is 5.15. The van der Waals surface area contributed by atoms with Crippen molar-refractivity contribution in [2.75, 3.05) is 0 Å². The minimum Gasteiger partial charge on any atom is -0.383 e. The highest BCUT2D eigenvalue weighted by Gasteiger charge is 2.31. The summed E-state index contributed by atoms with van der Waals surface area (Å²) < 4.78 is 42.5. The molecule has 8 heteroatoms. The Labute approximate surface area is 168 Å². The number of aryl methyl sites for hydroxylation is 2. The number of imidazole rings is 1. The number of amidine groups is 1. The number of rotatable bonds is 3. The first kappa shape index (κ1) is 19.4. The average molecular weight is 484 g/mol. The number of hydrogen-bond acceptors (Lipinski definition) is 2. The van der Waals surface area contributed by atoms with Gasteiger partial charge in [0, 0.05) is 21.0 Å². The summed E-state index contributed by atoms with van der Waals surface area (Å²) in [6.45, 7) is 3.73. The van der Waals surface area contributed by atoms with E-state index in [1.165, 1.54) is 10.9 Å². The number of nitrogens with two attached hydrogens (primary N) is 1. The molecule has 1 aromatic heterocycles. The molecule has 0 radical (unpaired) electrons. The molecule has 0 aliphatic carbocycles. The smallest absolute Gasteiger partial charge is 0.383 e. The van der Waals surface area contributed by atoms with E-state index in [4.69, 9.17) is 5.73 Å². The van der Waals surface area contributed by atoms with Crippen LogP contribution in [0.25, 0.3) is 5.69 Å². The lowest BCUT2D eigenvalue weighted by Crippen LogP contribution is -2.13. The zero-order valence-corrected chi connectivity index (χ0v) is 16.7. The van der Waals surface area contributed by atoms with Crippen molar-refractivity contribution in [1.29, 1.82) is 0 Å². The Bertz CT molecular complexity index is 1020. The zero-order chi connectivity index (χ0) is 19.8. The second-order valence-corrected chi connectivity index (χ2v) is 7.28. The number of aromatic nitrogens is 2. The summed E-state index contributed by atoms with van der Waals surface area (Å²) in [5, 5.41) is 0. The normalized spacial score (nSPS) is 12.4. The molecular formula is C19H16F3IN4. The highest BCUT2D eigenvalue weighted by atomic mass is 127. The van der Waals surface area contributed by atoms with E-state index in [9.17, 15) is 13.2 Å². The van der Waals surface area contributed by atoms with Crippen LogP contribution in [0, 0.1) is 17.4 Å². The second kappa shape index (κ2) is 7.34. The maximum absolute atomic E-state index is 13.3. The van der Waals surface area contributed by atoms with Crippen molar-refractivity contribution in [2.45, 2.75) is 20.0 Å². The van der Waals surface area contributed by atoms with E-state index in [1.54, 1.807) is 25.3 Å². The first-order valence-electron chi connectivity index (χ1n) is 7.97. The molecule has 0 fully saturated rings. The molecule has 1 heterocycles. The van der Waals surface area contributed by atoms with Gasteiger partial charge >= 0.3 is 6.18 Å². The molecule has 0 unspecified atom stereocenters. The summed E-state index contributed by atoms with van der Waals surface area (Å²) in [5.74, 6) is 0.153. The quantitative estimate of drug-likeness (QED) is 0.318. The van der Waals surface area contributed by atoms with Crippen molar-refractivity contribution < 1.29 is 13.2 Å². The fourth-order valence-corrected chi connectivity index (χ4v) is 3.01. The van der Waals surface area contributed by atoms with Crippen molar-refractivity contribution in [3.8, 4) is 5.69 Å². The summed E-state index contributed by atoms with van der Waals surface area (Å²) in [7, 11) is 0. The molecule has 3 rings (SSSR count). The fraction of sp³-hybridized carbons (Fsp3) is 0.158. The molecule has 2 aromatic carbocycles. The van der Waals surface area contributed by atoms with Crippen molar-refractivity contribution in [3.05, 3.63) is 74.9 Å². The van der Waals surface area contributed by atoms with Crippen LogP contribution in [0.4, 0.5) is 18.9 Å². The Morgan fingerprint density at radius 2 is 1.89 bits per heavy atom. The molecule has 0 saturated carbocycles. The molecule has 140 valence electrons. The zero-order valence-electron chi connectivity index (χ0n) is 14.5. The minimum absolute atomic E-state index is 0.124. The van der Waals surface area contributed by atoms with Gasteiger partial charge in [0.25, 0.3) is 0 Å². The first-order valence-corrected chi connectivity index (χ1v) is 9.05. The number of nitrogens with zero attached hydrogens (tertiary/aromatic N) is 3. The Morgan fingerprint density at radius 1 is 1.15 bits per heavy atom. The first-order chi connectivity index (χ1) is 12.6. The molecule has 4 nitrogen and oxygen atoms in total. The summed E-state index contributed by atoms with van der Waals surface area (Å²) in [4.78, 5) is 8.29. The van der Waals surface area contributed by atoms with Crippen LogP contribution in [0.5, 0.6) is 0 Å². The molecule has 0 bridgehead atoms. The van der Waals surface area contributed by atoms with Crippen LogP contribution in [0.3, 0.4) is 0 Å². The molecule has 2 N–H and O–H groups in total. The van der Waals surface area contributed by atoms with Crippen LogP contribution in [-0.2, 0) is 6.18 Å². The van der Waals surface area contributed by atoms with E-state index in [0.29, 0.717) is 16.9 Å². The van der Waals surface area contributed by atoms with Gasteiger partial charge in [-0.1, -0.05) is 12.1 Å². The third-order valence-corrected chi connectivity index (χ3v) is 5.12. The summed E-state index contributed by atoms with van der Waals surface area (Å²) >= 11 is 2.18. The van der Waals surface area contributed by atoms with Gasteiger partial charge in [-0.05, 0) is 66.3 Å². The van der Waals surface area contributed by atoms with Crippen molar-refractivity contribution in [2.24, 2.45) is 10.7 Å². The molecule has 0 saturated heterocycles. The predicted molar refractivity (Wildman–Crippen MR) is 108 cm³/mol. The maximum atomic E-state index is 13.3. The van der Waals surface area contributed by atoms with Crippen LogP contribution < -0.4 is 5.73 Å². The maximum Gasteiger partial charge on any atom is 0.416 e. The molecule has 0 aliphatic rings. The molecule has 3 aromatic rings. The van der Waals surface area contributed by atoms with Crippen LogP contribution in [-0.4, -0.2) is 15.4 Å². The van der Waals surface area contributed by atoms with E-state index in [0.717, 1.165) is 21.3 Å². The Morgan fingerprint density at radius 3 is 2.48 bits per heavy atom. The summed E-state index contributed by atoms with van der Waals surface area (Å²) in [6.07, 6.45) is -1.39. The number of hydrogen-bond donors (Lipinski definition) is 1. The van der Waals surface area contributed by atoms with Gasteiger partial charge in [0.05, 0.1) is 23.3 Å². The van der Waals surface area contributed by atoms with Crippen LogP contribution in [0.2, 0.25) is 0 Å². The van der Waals surface area contributed by atoms with Gasteiger partial charge in [-0.25, -0.2) is 9.98 Å². The van der Waals surface area contributed by atoms with E-state index in [1.807, 2.05) is 19.1 Å². The van der Waals surface area contributed by atoms with Gasteiger partial charge in [0.1, 0.15) is 5.84 Å². The standard InChI is InChI=1S/C19H16F3IN4/c1-11-3-4-13(5-17(11)23)18(24)26-15-6-14(19(20,21)22)7-16(8-15)27-9-12(2)25-10-27/h3-10H,1-2H3,(H2,24,26). The van der Waals surface area contributed by atoms with Crippen molar-refractivity contribution >= 4 is 34.1 Å². The molecular weight excluding hydrogens is 468 g/mol. The Hall–Kier alpha value is -2.36. The molecule has 0 atom stereocenters. The van der Waals surface area contributed by atoms with Gasteiger partial charge in [-0.15, -0.1) is 0 Å². The number of halogens is 4. The lowest BCUT2D eigenvalue weighted by Gasteiger charge is -2.12. The Kier molecular flexibility index (Phi) is 5.27. The molecule has 27 heavy (non-hydrogen) atoms. The number of aliphatic imine (C=N–C) groups is 1. The second-order valence-electron chi connectivity index (χ2n) is 6.12. The third kappa shape index (κ3) is 4.49. The lowest BCUT2D eigenvalue weighted by atomic mass is 10.1. The minimum atomic E-state index is -4.50. The van der Waals surface area contributed by atoms with E-state index in [-0.39, 0.29) is 11.5 Å². The monoisotopic (exact) mass is 484 g/mol. The lowest BCUT2D eigenvalue weighted by molar-refractivity contribution is -0.137. The SMILES string of the molecule is Cc1cn(-c2cc(N=C(N)c3ccc(C)c(I)c3)cc(C(F)(F)F)c2)cn1. The van der Waals surface area contributed by atoms with Crippen LogP contribution in [0.15, 0.2) is 53.9 Å². The third-order valence-electron chi connectivity index (χ3n) is 3.96. The van der Waals surface area contributed by atoms with Crippen molar-refractivity contribution in [3.63, 3.8) is 0 Å². The molecule has 0 aliphatic heterocycles. The van der Waals surface area contributed by atoms with Crippen LogP contribution in [0.1, 0.15) is 22.4 Å². The van der Waals surface area contributed by atoms with Crippen molar-refractivity contribution in [1.82, 2.24) is 9.55 Å². The van der Waals surface area contributed by atoms with Gasteiger partial charge < -0.3 is 10.3 Å². The van der Waals surface area contributed by atoms with E-state index < -0.39 is 11.7 Å². The summed E-state index contributed by atoms with van der Waals surface area (Å²) in [5.41, 5.74) is 8.13. The van der Waals surface area contributed by atoms with E-state index >= 15 is 0 Å².